The molecule has 0 amide bonds. The number of imidazole rings is 1. The first kappa shape index (κ1) is 3.97. The van der Waals surface area contributed by atoms with Crippen LogP contribution in [0.4, 0.5) is 0 Å². The Labute approximate surface area is 73.5 Å². The first-order valence-electron chi connectivity index (χ1n) is 4.56. The van der Waals surface area contributed by atoms with Crippen LogP contribution in [0.15, 0.2) is 30.3 Å². The van der Waals surface area contributed by atoms with Crippen LogP contribution < -0.4 is 0 Å². The molecule has 0 atom stereocenters. The number of nitrogens with zero attached hydrogens (tertiary/aromatic N) is 1. The Balaban J connectivity index is 2.93. The fourth-order valence-corrected chi connectivity index (χ4v) is 1.02. The van der Waals surface area contributed by atoms with Crippen LogP contribution >= 0.6 is 12.2 Å². The Morgan fingerprint density at radius 3 is 3.18 bits per heavy atom. The molecular formula is C8H6N2S. The predicted molar refractivity (Wildman–Crippen MR) is 46.0 cm³/mol. The Hall–Kier alpha value is -1.22. The second-order valence-electron chi connectivity index (χ2n) is 2.01. The highest BCUT2D eigenvalue weighted by Gasteiger charge is 1.99. The van der Waals surface area contributed by atoms with Crippen molar-refractivity contribution in [3.8, 4) is 11.4 Å². The quantitative estimate of drug-likeness (QED) is 0.606. The molecule has 1 aliphatic carbocycles. The molecule has 1 heterocycles. The second-order valence-corrected chi connectivity index (χ2v) is 2.40. The summed E-state index contributed by atoms with van der Waals surface area (Å²) >= 11 is 4.82. The second kappa shape index (κ2) is 2.43. The molecule has 0 bridgehead atoms. The van der Waals surface area contributed by atoms with Crippen molar-refractivity contribution in [3.05, 3.63) is 35.0 Å². The number of H-pyrrole nitrogens is 1. The molecule has 0 saturated heterocycles. The third-order valence-electron chi connectivity index (χ3n) is 1.27. The van der Waals surface area contributed by atoms with Gasteiger partial charge >= 0.3 is 0 Å². The van der Waals surface area contributed by atoms with E-state index in [1.54, 1.807) is 0 Å². The molecule has 0 unspecified atom stereocenters. The Morgan fingerprint density at radius 1 is 1.45 bits per heavy atom. The van der Waals surface area contributed by atoms with Crippen molar-refractivity contribution >= 4 is 12.2 Å². The number of rotatable bonds is 0. The highest BCUT2D eigenvalue weighted by molar-refractivity contribution is 7.71. The molecule has 54 valence electrons. The molecule has 0 spiro atoms. The van der Waals surface area contributed by atoms with Gasteiger partial charge in [0.15, 0.2) is 4.77 Å². The minimum absolute atomic E-state index is 0.107. The summed E-state index contributed by atoms with van der Waals surface area (Å²) in [6.45, 7) is 0. The van der Waals surface area contributed by atoms with Crippen LogP contribution in [0.2, 0.25) is 0 Å². The lowest BCUT2D eigenvalue weighted by atomic mass is 10.3. The van der Waals surface area contributed by atoms with Crippen LogP contribution in [0.5, 0.6) is 0 Å². The van der Waals surface area contributed by atoms with Crippen LogP contribution in [-0.2, 0) is 0 Å². The van der Waals surface area contributed by atoms with E-state index in [1.807, 2.05) is 0 Å². The van der Waals surface area contributed by atoms with Crippen LogP contribution in [0.25, 0.3) is 11.4 Å². The fraction of sp³-hybridized carbons (Fsp3) is 0. The van der Waals surface area contributed by atoms with Gasteiger partial charge in [-0.05, 0) is 24.3 Å². The molecule has 0 aromatic heterocycles. The highest BCUT2D eigenvalue weighted by Crippen LogP contribution is 2.13. The van der Waals surface area contributed by atoms with Gasteiger partial charge < -0.3 is 4.98 Å². The predicted octanol–water partition coefficient (Wildman–Crippen LogP) is 2.24. The summed E-state index contributed by atoms with van der Waals surface area (Å²) in [6.07, 6.45) is 0. The molecule has 0 radical (unpaired) electrons. The normalized spacial score (nSPS) is 14.0. The standard InChI is InChI=1S/C8H6N2S/c11-8-9-6-4-2-1-3-5-7(6)10-8/h1-5H,(H,9,10,11)/i1D,4D,5D. The van der Waals surface area contributed by atoms with Crippen LogP contribution in [-0.4, -0.2) is 9.97 Å². The van der Waals surface area contributed by atoms with Crippen molar-refractivity contribution in [2.45, 2.75) is 0 Å². The summed E-state index contributed by atoms with van der Waals surface area (Å²) in [4.78, 5) is 6.65. The van der Waals surface area contributed by atoms with E-state index in [9.17, 15) is 0 Å². The average molecular weight is 165 g/mol. The molecule has 1 aliphatic heterocycles. The molecule has 2 aliphatic rings. The minimum atomic E-state index is 0.107. The Morgan fingerprint density at radius 2 is 2.27 bits per heavy atom. The molecule has 0 aromatic rings. The van der Waals surface area contributed by atoms with Crippen molar-refractivity contribution in [1.29, 1.82) is 0 Å². The number of fused-ring (bicyclic) bond motifs is 1. The molecule has 0 aromatic carbocycles. The summed E-state index contributed by atoms with van der Waals surface area (Å²) in [5, 5.41) is 0. The van der Waals surface area contributed by atoms with Crippen molar-refractivity contribution < 1.29 is 4.11 Å². The van der Waals surface area contributed by atoms with Crippen molar-refractivity contribution in [2.24, 2.45) is 0 Å². The van der Waals surface area contributed by atoms with Gasteiger partial charge in [0.25, 0.3) is 0 Å². The third kappa shape index (κ3) is 1.14. The average Bonchev–Trinajstić information content (AvgIpc) is 2.42. The first-order valence-corrected chi connectivity index (χ1v) is 3.46. The zero-order valence-corrected chi connectivity index (χ0v) is 6.33. The molecular weight excluding hydrogens is 156 g/mol. The maximum absolute atomic E-state index is 7.61. The number of aromatic amines is 1. The van der Waals surface area contributed by atoms with E-state index in [2.05, 4.69) is 9.97 Å². The summed E-state index contributed by atoms with van der Waals surface area (Å²) < 4.78 is 22.9. The summed E-state index contributed by atoms with van der Waals surface area (Å²) in [7, 11) is 0. The Bertz CT molecular complexity index is 480. The van der Waals surface area contributed by atoms with Gasteiger partial charge in [0.1, 0.15) is 0 Å². The summed E-state index contributed by atoms with van der Waals surface area (Å²) in [6, 6.07) is 3.06. The van der Waals surface area contributed by atoms with Crippen molar-refractivity contribution in [3.63, 3.8) is 0 Å². The molecule has 2 nitrogen and oxygen atoms in total. The van der Waals surface area contributed by atoms with Gasteiger partial charge in [0.2, 0.25) is 0 Å². The third-order valence-corrected chi connectivity index (χ3v) is 1.47. The molecule has 3 heteroatoms. The number of hydrogen-bond donors (Lipinski definition) is 1. The van der Waals surface area contributed by atoms with Crippen molar-refractivity contribution in [1.82, 2.24) is 9.97 Å². The number of nitrogens with one attached hydrogen (secondary N) is 1. The maximum Gasteiger partial charge on any atom is 0.197 e. The summed E-state index contributed by atoms with van der Waals surface area (Å²) in [5.41, 5.74) is 0.761. The fourth-order valence-electron chi connectivity index (χ4n) is 0.826. The van der Waals surface area contributed by atoms with Crippen LogP contribution in [0.3, 0.4) is 0 Å². The lowest BCUT2D eigenvalue weighted by Crippen LogP contribution is -1.67. The topological polar surface area (TPSA) is 28.7 Å². The lowest BCUT2D eigenvalue weighted by Gasteiger charge is -1.82. The highest BCUT2D eigenvalue weighted by atomic mass is 32.1. The first-order chi connectivity index (χ1) is 6.58. The maximum atomic E-state index is 7.61. The van der Waals surface area contributed by atoms with Gasteiger partial charge in [-0.2, -0.15) is 0 Å². The largest absolute Gasteiger partial charge is 0.329 e. The summed E-state index contributed by atoms with van der Waals surface area (Å²) in [5.74, 6) is 0. The van der Waals surface area contributed by atoms with Crippen molar-refractivity contribution in [2.75, 3.05) is 0 Å². The molecule has 2 rings (SSSR count). The number of hydrogen-bond acceptors (Lipinski definition) is 2. The molecule has 11 heavy (non-hydrogen) atoms. The smallest absolute Gasteiger partial charge is 0.197 e. The van der Waals surface area contributed by atoms with Gasteiger partial charge in [0, 0.05) is 0 Å². The zero-order chi connectivity index (χ0) is 10.3. The minimum Gasteiger partial charge on any atom is -0.329 e. The van der Waals surface area contributed by atoms with E-state index < -0.39 is 0 Å². The number of aromatic nitrogens is 2. The van der Waals surface area contributed by atoms with Gasteiger partial charge in [0.05, 0.1) is 15.5 Å². The molecule has 1 N–H and O–H groups in total. The molecule has 0 fully saturated rings. The van der Waals surface area contributed by atoms with E-state index in [0.29, 0.717) is 11.4 Å². The van der Waals surface area contributed by atoms with E-state index in [0.717, 1.165) is 0 Å². The zero-order valence-electron chi connectivity index (χ0n) is 8.51. The van der Waals surface area contributed by atoms with Crippen LogP contribution in [0.1, 0.15) is 4.11 Å². The van der Waals surface area contributed by atoms with E-state index in [1.165, 1.54) is 12.1 Å². The van der Waals surface area contributed by atoms with E-state index >= 15 is 0 Å². The van der Waals surface area contributed by atoms with Gasteiger partial charge in [-0.3, -0.25) is 0 Å². The van der Waals surface area contributed by atoms with E-state index in [4.69, 9.17) is 16.3 Å². The van der Waals surface area contributed by atoms with Gasteiger partial charge in [-0.1, -0.05) is 18.2 Å². The SMILES string of the molecule is [2H]c1cc([2H])c2nc(=S)[nH]c-2c([2H])c1. The molecule has 0 saturated carbocycles. The monoisotopic (exact) mass is 165 g/mol. The lowest BCUT2D eigenvalue weighted by molar-refractivity contribution is 1.29. The Kier molecular flexibility index (Phi) is 0.878. The van der Waals surface area contributed by atoms with E-state index in [-0.39, 0.29) is 22.9 Å². The van der Waals surface area contributed by atoms with Gasteiger partial charge in [-0.25, -0.2) is 4.98 Å². The van der Waals surface area contributed by atoms with Gasteiger partial charge in [-0.15, -0.1) is 0 Å². The van der Waals surface area contributed by atoms with Crippen LogP contribution in [0, 0.1) is 4.77 Å².